The van der Waals surface area contributed by atoms with Gasteiger partial charge in [0.05, 0.1) is 17.7 Å². The number of thioether (sulfide) groups is 1. The zero-order valence-corrected chi connectivity index (χ0v) is 15.7. The number of morpholine rings is 1. The van der Waals surface area contributed by atoms with Crippen molar-refractivity contribution in [3.8, 4) is 5.75 Å². The highest BCUT2D eigenvalue weighted by atomic mass is 79.9. The van der Waals surface area contributed by atoms with E-state index in [4.69, 9.17) is 14.2 Å². The van der Waals surface area contributed by atoms with Crippen LogP contribution >= 0.6 is 27.7 Å². The summed E-state index contributed by atoms with van der Waals surface area (Å²) >= 11 is 5.12. The van der Waals surface area contributed by atoms with E-state index in [1.54, 1.807) is 25.6 Å². The first-order chi connectivity index (χ1) is 11.0. The maximum atomic E-state index is 12.4. The van der Waals surface area contributed by atoms with E-state index >= 15 is 0 Å². The molecule has 126 valence electrons. The normalized spacial score (nSPS) is 20.6. The summed E-state index contributed by atoms with van der Waals surface area (Å²) < 4.78 is 17.3. The van der Waals surface area contributed by atoms with Crippen LogP contribution in [0.25, 0.3) is 0 Å². The minimum Gasteiger partial charge on any atom is -0.451 e. The van der Waals surface area contributed by atoms with Crippen LogP contribution in [-0.4, -0.2) is 55.3 Å². The highest BCUT2D eigenvalue weighted by Gasteiger charge is 2.37. The standard InChI is InChI=1S/C16H20BrNO4S/c1-16(2)21-14-11(17)3-4-12(13(14)15(19)22-16)23-10-7-18-5-8-20-9-6-18/h3-4H,5-10H2,1-2H3. The van der Waals surface area contributed by atoms with Crippen molar-refractivity contribution in [1.29, 1.82) is 0 Å². The zero-order chi connectivity index (χ0) is 16.4. The summed E-state index contributed by atoms with van der Waals surface area (Å²) in [6, 6.07) is 3.86. The number of esters is 1. The predicted octanol–water partition coefficient (Wildman–Crippen LogP) is 3.16. The van der Waals surface area contributed by atoms with E-state index in [0.29, 0.717) is 11.3 Å². The van der Waals surface area contributed by atoms with Crippen molar-refractivity contribution in [2.45, 2.75) is 24.5 Å². The number of ether oxygens (including phenoxy) is 3. The fraction of sp³-hybridized carbons (Fsp3) is 0.562. The molecule has 2 aliphatic heterocycles. The Morgan fingerprint density at radius 1 is 1.26 bits per heavy atom. The van der Waals surface area contributed by atoms with E-state index in [1.165, 1.54) is 0 Å². The SMILES string of the molecule is CC1(C)OC(=O)c2c(SCCN3CCOCC3)ccc(Br)c2O1. The molecule has 0 radical (unpaired) electrons. The highest BCUT2D eigenvalue weighted by Crippen LogP contribution is 2.42. The lowest BCUT2D eigenvalue weighted by atomic mass is 10.1. The first-order valence-electron chi connectivity index (χ1n) is 7.64. The van der Waals surface area contributed by atoms with Crippen molar-refractivity contribution in [2.24, 2.45) is 0 Å². The van der Waals surface area contributed by atoms with Gasteiger partial charge in [0.2, 0.25) is 5.79 Å². The molecule has 3 rings (SSSR count). The van der Waals surface area contributed by atoms with Gasteiger partial charge in [0, 0.05) is 44.1 Å². The number of carbonyl (C=O) groups is 1. The first-order valence-corrected chi connectivity index (χ1v) is 9.42. The zero-order valence-electron chi connectivity index (χ0n) is 13.3. The van der Waals surface area contributed by atoms with Crippen molar-refractivity contribution < 1.29 is 19.0 Å². The third kappa shape index (κ3) is 4.02. The summed E-state index contributed by atoms with van der Waals surface area (Å²) in [7, 11) is 0. The summed E-state index contributed by atoms with van der Waals surface area (Å²) in [6.45, 7) is 7.98. The number of rotatable bonds is 4. The molecule has 1 aromatic carbocycles. The van der Waals surface area contributed by atoms with E-state index in [-0.39, 0.29) is 5.97 Å². The molecule has 0 aliphatic carbocycles. The van der Waals surface area contributed by atoms with Gasteiger partial charge in [0.25, 0.3) is 0 Å². The van der Waals surface area contributed by atoms with Crippen LogP contribution in [-0.2, 0) is 9.47 Å². The van der Waals surface area contributed by atoms with Gasteiger partial charge in [-0.15, -0.1) is 11.8 Å². The number of hydrogen-bond donors (Lipinski definition) is 0. The molecule has 7 heteroatoms. The number of cyclic esters (lactones) is 1. The van der Waals surface area contributed by atoms with Crippen molar-refractivity contribution in [3.05, 3.63) is 22.2 Å². The van der Waals surface area contributed by atoms with Crippen LogP contribution in [0.3, 0.4) is 0 Å². The minimum atomic E-state index is -0.941. The number of fused-ring (bicyclic) bond motifs is 1. The molecule has 0 unspecified atom stereocenters. The lowest BCUT2D eigenvalue weighted by Crippen LogP contribution is -2.39. The van der Waals surface area contributed by atoms with E-state index < -0.39 is 5.79 Å². The van der Waals surface area contributed by atoms with Crippen molar-refractivity contribution in [3.63, 3.8) is 0 Å². The number of hydrogen-bond acceptors (Lipinski definition) is 6. The Labute approximate surface area is 148 Å². The number of halogens is 1. The van der Waals surface area contributed by atoms with Gasteiger partial charge >= 0.3 is 5.97 Å². The third-order valence-electron chi connectivity index (χ3n) is 3.73. The van der Waals surface area contributed by atoms with Gasteiger partial charge in [-0.1, -0.05) is 0 Å². The van der Waals surface area contributed by atoms with E-state index in [1.807, 2.05) is 12.1 Å². The molecule has 0 atom stereocenters. The van der Waals surface area contributed by atoms with E-state index in [9.17, 15) is 4.79 Å². The summed E-state index contributed by atoms with van der Waals surface area (Å²) in [5.74, 6) is 0.211. The first kappa shape index (κ1) is 17.1. The number of benzene rings is 1. The van der Waals surface area contributed by atoms with Crippen molar-refractivity contribution in [2.75, 3.05) is 38.6 Å². The fourth-order valence-electron chi connectivity index (χ4n) is 2.60. The van der Waals surface area contributed by atoms with Crippen molar-refractivity contribution in [1.82, 2.24) is 4.90 Å². The van der Waals surface area contributed by atoms with Crippen LogP contribution in [0.5, 0.6) is 5.75 Å². The van der Waals surface area contributed by atoms with Gasteiger partial charge in [0.15, 0.2) is 5.75 Å². The second kappa shape index (κ2) is 7.01. The number of nitrogens with zero attached hydrogens (tertiary/aromatic N) is 1. The van der Waals surface area contributed by atoms with Gasteiger partial charge in [-0.25, -0.2) is 4.79 Å². The van der Waals surface area contributed by atoms with Gasteiger partial charge in [0.1, 0.15) is 5.56 Å². The minimum absolute atomic E-state index is 0.327. The molecule has 23 heavy (non-hydrogen) atoms. The summed E-state index contributed by atoms with van der Waals surface area (Å²) in [5.41, 5.74) is 0.519. The maximum Gasteiger partial charge on any atom is 0.346 e. The molecule has 2 heterocycles. The average molecular weight is 402 g/mol. The largest absolute Gasteiger partial charge is 0.451 e. The van der Waals surface area contributed by atoms with Gasteiger partial charge in [-0.3, -0.25) is 4.90 Å². The molecular formula is C16H20BrNO4S. The molecule has 1 aromatic rings. The Hall–Kier alpha value is -0.760. The summed E-state index contributed by atoms with van der Waals surface area (Å²) in [5, 5.41) is 0. The summed E-state index contributed by atoms with van der Waals surface area (Å²) in [4.78, 5) is 15.7. The second-order valence-corrected chi connectivity index (χ2v) is 7.93. The number of carbonyl (C=O) groups excluding carboxylic acids is 1. The molecule has 0 N–H and O–H groups in total. The van der Waals surface area contributed by atoms with Crippen LogP contribution in [0.4, 0.5) is 0 Å². The average Bonchev–Trinajstić information content (AvgIpc) is 2.50. The Kier molecular flexibility index (Phi) is 5.20. The third-order valence-corrected chi connectivity index (χ3v) is 5.39. The molecule has 5 nitrogen and oxygen atoms in total. The molecular weight excluding hydrogens is 382 g/mol. The molecule has 1 saturated heterocycles. The Bertz CT molecular complexity index is 602. The van der Waals surface area contributed by atoms with Gasteiger partial charge < -0.3 is 14.2 Å². The predicted molar refractivity (Wildman–Crippen MR) is 92.2 cm³/mol. The van der Waals surface area contributed by atoms with E-state index in [0.717, 1.165) is 48.0 Å². The van der Waals surface area contributed by atoms with Crippen LogP contribution in [0.2, 0.25) is 0 Å². The van der Waals surface area contributed by atoms with Crippen molar-refractivity contribution >= 4 is 33.7 Å². The smallest absolute Gasteiger partial charge is 0.346 e. The Morgan fingerprint density at radius 3 is 2.74 bits per heavy atom. The molecule has 0 spiro atoms. The highest BCUT2D eigenvalue weighted by molar-refractivity contribution is 9.10. The molecule has 2 aliphatic rings. The van der Waals surface area contributed by atoms with Gasteiger partial charge in [-0.05, 0) is 28.1 Å². The van der Waals surface area contributed by atoms with Crippen LogP contribution in [0.1, 0.15) is 24.2 Å². The lowest BCUT2D eigenvalue weighted by Gasteiger charge is -2.33. The fourth-order valence-corrected chi connectivity index (χ4v) is 4.07. The quantitative estimate of drug-likeness (QED) is 0.570. The topological polar surface area (TPSA) is 48.0 Å². The van der Waals surface area contributed by atoms with Gasteiger partial charge in [-0.2, -0.15) is 0 Å². The molecule has 0 amide bonds. The molecule has 0 bridgehead atoms. The summed E-state index contributed by atoms with van der Waals surface area (Å²) in [6.07, 6.45) is 0. The molecule has 0 saturated carbocycles. The van der Waals surface area contributed by atoms with Crippen LogP contribution in [0.15, 0.2) is 21.5 Å². The van der Waals surface area contributed by atoms with Crippen LogP contribution in [0, 0.1) is 0 Å². The Morgan fingerprint density at radius 2 is 2.00 bits per heavy atom. The maximum absolute atomic E-state index is 12.4. The second-order valence-electron chi connectivity index (χ2n) is 5.94. The Balaban J connectivity index is 1.72. The van der Waals surface area contributed by atoms with E-state index in [2.05, 4.69) is 20.8 Å². The molecule has 1 fully saturated rings. The molecule has 0 aromatic heterocycles. The monoisotopic (exact) mass is 401 g/mol. The lowest BCUT2D eigenvalue weighted by molar-refractivity contribution is -0.128. The van der Waals surface area contributed by atoms with Crippen LogP contribution < -0.4 is 4.74 Å².